The molecule has 3 aromatic heterocycles. The third-order valence-electron chi connectivity index (χ3n) is 4.04. The van der Waals surface area contributed by atoms with Gasteiger partial charge in [-0.1, -0.05) is 0 Å². The van der Waals surface area contributed by atoms with E-state index in [-0.39, 0.29) is 5.69 Å². The predicted octanol–water partition coefficient (Wildman–Crippen LogP) is 2.50. The molecular weight excluding hydrogens is 314 g/mol. The lowest BCUT2D eigenvalue weighted by molar-refractivity contribution is 0.0722. The average molecular weight is 326 g/mol. The summed E-state index contributed by atoms with van der Waals surface area (Å²) < 4.78 is 26.7. The van der Waals surface area contributed by atoms with Gasteiger partial charge in [0.2, 0.25) is 0 Å². The Morgan fingerprint density at radius 2 is 2.08 bits per heavy atom. The number of carbonyl (C=O) groups is 1. The van der Waals surface area contributed by atoms with Crippen molar-refractivity contribution in [3.05, 3.63) is 65.2 Å². The van der Waals surface area contributed by atoms with Crippen molar-refractivity contribution in [2.45, 2.75) is 13.0 Å². The number of amides is 1. The highest BCUT2D eigenvalue weighted by Gasteiger charge is 2.26. The second-order valence-electron chi connectivity index (χ2n) is 5.60. The van der Waals surface area contributed by atoms with Gasteiger partial charge in [-0.2, -0.15) is 0 Å². The summed E-state index contributed by atoms with van der Waals surface area (Å²) in [5, 5.41) is 0.886. The maximum atomic E-state index is 13.8. The van der Waals surface area contributed by atoms with Gasteiger partial charge in [-0.25, -0.2) is 23.7 Å². The van der Waals surface area contributed by atoms with E-state index < -0.39 is 17.5 Å². The SMILES string of the molecule is O=C(c1ncc(F)cc1F)N1CCc2nc3ncccc3cc2C1. The summed E-state index contributed by atoms with van der Waals surface area (Å²) in [5.41, 5.74) is 2.09. The second kappa shape index (κ2) is 5.59. The molecule has 1 aliphatic heterocycles. The Morgan fingerprint density at radius 1 is 1.21 bits per heavy atom. The molecule has 1 aliphatic rings. The van der Waals surface area contributed by atoms with Crippen molar-refractivity contribution >= 4 is 16.9 Å². The molecule has 3 aromatic rings. The smallest absolute Gasteiger partial charge is 0.275 e. The van der Waals surface area contributed by atoms with Crippen LogP contribution in [0.2, 0.25) is 0 Å². The number of hydrogen-bond acceptors (Lipinski definition) is 4. The minimum absolute atomic E-state index is 0.310. The molecule has 0 aliphatic carbocycles. The molecule has 0 spiro atoms. The number of aromatic nitrogens is 3. The van der Waals surface area contributed by atoms with Gasteiger partial charge >= 0.3 is 0 Å². The fraction of sp³-hybridized carbons (Fsp3) is 0.176. The fourth-order valence-electron chi connectivity index (χ4n) is 2.86. The van der Waals surface area contributed by atoms with Crippen LogP contribution in [0.5, 0.6) is 0 Å². The van der Waals surface area contributed by atoms with Crippen molar-refractivity contribution in [1.82, 2.24) is 19.9 Å². The first-order chi connectivity index (χ1) is 11.6. The molecular formula is C17H12F2N4O. The first kappa shape index (κ1) is 14.6. The first-order valence-electron chi connectivity index (χ1n) is 7.45. The van der Waals surface area contributed by atoms with E-state index in [1.165, 1.54) is 4.90 Å². The minimum Gasteiger partial charge on any atom is -0.332 e. The van der Waals surface area contributed by atoms with Gasteiger partial charge in [0.15, 0.2) is 17.2 Å². The van der Waals surface area contributed by atoms with Crippen LogP contribution in [0, 0.1) is 11.6 Å². The molecule has 0 fully saturated rings. The number of rotatable bonds is 1. The van der Waals surface area contributed by atoms with Crippen LogP contribution >= 0.6 is 0 Å². The Labute approximate surface area is 136 Å². The molecule has 4 heterocycles. The molecule has 0 radical (unpaired) electrons. The Bertz CT molecular complexity index is 960. The lowest BCUT2D eigenvalue weighted by Gasteiger charge is -2.28. The summed E-state index contributed by atoms with van der Waals surface area (Å²) in [7, 11) is 0. The second-order valence-corrected chi connectivity index (χ2v) is 5.60. The number of pyridine rings is 3. The summed E-state index contributed by atoms with van der Waals surface area (Å²) in [6.07, 6.45) is 3.08. The van der Waals surface area contributed by atoms with E-state index in [0.717, 1.165) is 22.8 Å². The summed E-state index contributed by atoms with van der Waals surface area (Å²) in [6, 6.07) is 6.33. The monoisotopic (exact) mass is 326 g/mol. The summed E-state index contributed by atoms with van der Waals surface area (Å²) in [5.74, 6) is -2.31. The molecule has 0 saturated heterocycles. The number of hydrogen-bond donors (Lipinski definition) is 0. The van der Waals surface area contributed by atoms with Gasteiger partial charge < -0.3 is 4.90 Å². The van der Waals surface area contributed by atoms with Gasteiger partial charge in [-0.15, -0.1) is 0 Å². The van der Waals surface area contributed by atoms with Crippen molar-refractivity contribution in [2.24, 2.45) is 0 Å². The van der Waals surface area contributed by atoms with Crippen LogP contribution in [0.1, 0.15) is 21.7 Å². The normalized spacial score (nSPS) is 13.8. The highest BCUT2D eigenvalue weighted by Crippen LogP contribution is 2.23. The summed E-state index contributed by atoms with van der Waals surface area (Å²) in [6.45, 7) is 0.708. The highest BCUT2D eigenvalue weighted by molar-refractivity contribution is 5.92. The maximum absolute atomic E-state index is 13.8. The Morgan fingerprint density at radius 3 is 2.92 bits per heavy atom. The molecule has 4 rings (SSSR count). The van der Waals surface area contributed by atoms with Crippen LogP contribution in [0.3, 0.4) is 0 Å². The third-order valence-corrected chi connectivity index (χ3v) is 4.04. The quantitative estimate of drug-likeness (QED) is 0.689. The molecule has 1 amide bonds. The highest BCUT2D eigenvalue weighted by atomic mass is 19.1. The van der Waals surface area contributed by atoms with Crippen LogP contribution < -0.4 is 0 Å². The van der Waals surface area contributed by atoms with Crippen molar-refractivity contribution in [3.8, 4) is 0 Å². The molecule has 0 N–H and O–H groups in total. The van der Waals surface area contributed by atoms with E-state index >= 15 is 0 Å². The summed E-state index contributed by atoms with van der Waals surface area (Å²) >= 11 is 0. The lowest BCUT2D eigenvalue weighted by atomic mass is 10.0. The van der Waals surface area contributed by atoms with Gasteiger partial charge in [0.05, 0.1) is 6.20 Å². The summed E-state index contributed by atoms with van der Waals surface area (Å²) in [4.78, 5) is 26.3. The molecule has 0 unspecified atom stereocenters. The lowest BCUT2D eigenvalue weighted by Crippen LogP contribution is -2.37. The van der Waals surface area contributed by atoms with E-state index in [0.29, 0.717) is 31.2 Å². The average Bonchev–Trinajstić information content (AvgIpc) is 2.59. The largest absolute Gasteiger partial charge is 0.332 e. The minimum atomic E-state index is -0.952. The molecule has 7 heteroatoms. The van der Waals surface area contributed by atoms with Crippen LogP contribution in [0.25, 0.3) is 11.0 Å². The van der Waals surface area contributed by atoms with E-state index in [9.17, 15) is 13.6 Å². The molecule has 5 nitrogen and oxygen atoms in total. The van der Waals surface area contributed by atoms with Crippen molar-refractivity contribution in [1.29, 1.82) is 0 Å². The van der Waals surface area contributed by atoms with Gasteiger partial charge in [0.25, 0.3) is 5.91 Å². The van der Waals surface area contributed by atoms with E-state index in [1.807, 2.05) is 18.2 Å². The number of nitrogens with zero attached hydrogens (tertiary/aromatic N) is 4. The number of fused-ring (bicyclic) bond motifs is 2. The maximum Gasteiger partial charge on any atom is 0.275 e. The number of halogens is 2. The van der Waals surface area contributed by atoms with Gasteiger partial charge in [-0.05, 0) is 23.8 Å². The van der Waals surface area contributed by atoms with Crippen LogP contribution in [0.15, 0.2) is 36.7 Å². The van der Waals surface area contributed by atoms with E-state index in [1.54, 1.807) is 6.20 Å². The Balaban J connectivity index is 1.66. The number of carbonyl (C=O) groups excluding carboxylic acids is 1. The zero-order valence-electron chi connectivity index (χ0n) is 12.5. The standard InChI is InChI=1S/C17H12F2N4O/c18-12-7-13(19)15(21-8-12)17(24)23-5-3-14-11(9-23)6-10-2-1-4-20-16(10)22-14/h1-2,4,6-8H,3,5,9H2. The molecule has 24 heavy (non-hydrogen) atoms. The molecule has 0 aromatic carbocycles. The molecule has 0 saturated carbocycles. The molecule has 120 valence electrons. The van der Waals surface area contributed by atoms with Crippen LogP contribution in [-0.4, -0.2) is 32.3 Å². The zero-order chi connectivity index (χ0) is 16.7. The van der Waals surface area contributed by atoms with Crippen molar-refractivity contribution in [2.75, 3.05) is 6.54 Å². The first-order valence-corrected chi connectivity index (χ1v) is 7.45. The van der Waals surface area contributed by atoms with Crippen molar-refractivity contribution < 1.29 is 13.6 Å². The topological polar surface area (TPSA) is 59.0 Å². The predicted molar refractivity (Wildman–Crippen MR) is 82.1 cm³/mol. The van der Waals surface area contributed by atoms with Crippen LogP contribution in [0.4, 0.5) is 8.78 Å². The van der Waals surface area contributed by atoms with Gasteiger partial charge in [-0.3, -0.25) is 4.79 Å². The van der Waals surface area contributed by atoms with Crippen LogP contribution in [-0.2, 0) is 13.0 Å². The zero-order valence-corrected chi connectivity index (χ0v) is 12.5. The third kappa shape index (κ3) is 2.47. The van der Waals surface area contributed by atoms with E-state index in [4.69, 9.17) is 0 Å². The Hall–Kier alpha value is -2.96. The molecule has 0 atom stereocenters. The Kier molecular flexibility index (Phi) is 3.41. The van der Waals surface area contributed by atoms with Gasteiger partial charge in [0.1, 0.15) is 5.82 Å². The van der Waals surface area contributed by atoms with E-state index in [2.05, 4.69) is 15.0 Å². The molecule has 0 bridgehead atoms. The fourth-order valence-corrected chi connectivity index (χ4v) is 2.86. The van der Waals surface area contributed by atoms with Crippen molar-refractivity contribution in [3.63, 3.8) is 0 Å². The van der Waals surface area contributed by atoms with Gasteiger partial charge in [0, 0.05) is 42.9 Å².